The van der Waals surface area contributed by atoms with Gasteiger partial charge in [0.1, 0.15) is 11.5 Å². The largest absolute Gasteiger partial charge is 0.496 e. The lowest BCUT2D eigenvalue weighted by Crippen LogP contribution is -2.26. The molecular weight excluding hydrogens is 515 g/mol. The summed E-state index contributed by atoms with van der Waals surface area (Å²) in [6.45, 7) is 4.02. The molecule has 3 aromatic heterocycles. The summed E-state index contributed by atoms with van der Waals surface area (Å²) in [5.74, 6) is -1.23. The molecular formula is C25H27FN6O5S. The Morgan fingerprint density at radius 2 is 1.87 bits per heavy atom. The van der Waals surface area contributed by atoms with E-state index in [-0.39, 0.29) is 23.5 Å². The zero-order valence-corrected chi connectivity index (χ0v) is 22.6. The molecule has 0 N–H and O–H groups in total. The van der Waals surface area contributed by atoms with Crippen molar-refractivity contribution in [1.29, 1.82) is 0 Å². The van der Waals surface area contributed by atoms with Crippen molar-refractivity contribution in [2.75, 3.05) is 26.4 Å². The maximum Gasteiger partial charge on any atom is 0.334 e. The summed E-state index contributed by atoms with van der Waals surface area (Å²) < 4.78 is 51.6. The number of nitrogens with zero attached hydrogens (tertiary/aromatic N) is 6. The summed E-state index contributed by atoms with van der Waals surface area (Å²) in [4.78, 5) is 22.0. The maximum atomic E-state index is 15.3. The van der Waals surface area contributed by atoms with Crippen LogP contribution in [0, 0.1) is 5.82 Å². The van der Waals surface area contributed by atoms with Gasteiger partial charge in [-0.25, -0.2) is 27.2 Å². The Morgan fingerprint density at radius 1 is 1.13 bits per heavy atom. The zero-order chi connectivity index (χ0) is 27.5. The second-order valence-corrected chi connectivity index (χ2v) is 11.6. The SMILES string of the molecule is COc1cc2ncc3c(c2cc1[C@@H]1C(C)=NN(C)C1C)n(-c1ncc(OCS(C)(=O)=O)cc1F)c(=O)n3C. The molecule has 0 bridgehead atoms. The molecule has 1 aliphatic rings. The smallest absolute Gasteiger partial charge is 0.334 e. The van der Waals surface area contributed by atoms with Gasteiger partial charge >= 0.3 is 5.69 Å². The zero-order valence-electron chi connectivity index (χ0n) is 21.8. The van der Waals surface area contributed by atoms with Crippen LogP contribution in [0.15, 0.2) is 40.5 Å². The molecule has 0 radical (unpaired) electrons. The van der Waals surface area contributed by atoms with Gasteiger partial charge in [-0.3, -0.25) is 14.6 Å². The fourth-order valence-electron chi connectivity index (χ4n) is 4.94. The van der Waals surface area contributed by atoms with E-state index >= 15 is 4.39 Å². The Morgan fingerprint density at radius 3 is 2.47 bits per heavy atom. The summed E-state index contributed by atoms with van der Waals surface area (Å²) in [5.41, 5.74) is 2.73. The van der Waals surface area contributed by atoms with Crippen LogP contribution in [0.25, 0.3) is 27.8 Å². The third-order valence-electron chi connectivity index (χ3n) is 6.86. The number of aromatic nitrogens is 4. The summed E-state index contributed by atoms with van der Waals surface area (Å²) in [5, 5.41) is 7.10. The van der Waals surface area contributed by atoms with Gasteiger partial charge in [0.2, 0.25) is 0 Å². The normalized spacial score (nSPS) is 17.9. The van der Waals surface area contributed by atoms with E-state index in [0.717, 1.165) is 23.6 Å². The van der Waals surface area contributed by atoms with Crippen LogP contribution in [0.1, 0.15) is 25.3 Å². The minimum absolute atomic E-state index is 0.0602. The molecule has 200 valence electrons. The van der Waals surface area contributed by atoms with Crippen LogP contribution in [-0.2, 0) is 16.9 Å². The Kier molecular flexibility index (Phi) is 6.13. The summed E-state index contributed by atoms with van der Waals surface area (Å²) in [6, 6.07) is 4.79. The van der Waals surface area contributed by atoms with Crippen LogP contribution in [-0.4, -0.2) is 70.6 Å². The van der Waals surface area contributed by atoms with E-state index in [0.29, 0.717) is 27.7 Å². The number of pyridine rings is 2. The molecule has 5 rings (SSSR count). The summed E-state index contributed by atoms with van der Waals surface area (Å²) in [6.07, 6.45) is 3.73. The first kappa shape index (κ1) is 25.6. The van der Waals surface area contributed by atoms with Gasteiger partial charge in [-0.2, -0.15) is 5.10 Å². The predicted molar refractivity (Wildman–Crippen MR) is 142 cm³/mol. The van der Waals surface area contributed by atoms with Gasteiger partial charge < -0.3 is 9.47 Å². The van der Waals surface area contributed by atoms with Crippen molar-refractivity contribution >= 4 is 37.5 Å². The van der Waals surface area contributed by atoms with Gasteiger partial charge in [0.05, 0.1) is 42.1 Å². The van der Waals surface area contributed by atoms with Crippen molar-refractivity contribution < 1.29 is 22.3 Å². The number of methoxy groups -OCH3 is 1. The fourth-order valence-corrected chi connectivity index (χ4v) is 5.29. The molecule has 0 spiro atoms. The third-order valence-corrected chi connectivity index (χ3v) is 7.40. The highest BCUT2D eigenvalue weighted by Crippen LogP contribution is 2.39. The molecule has 1 aliphatic heterocycles. The standard InChI is InChI=1S/C25H27FN6O5S/c1-13-22(14(2)31(4)29-13)17-8-16-19(9-21(17)36-5)27-11-20-23(16)32(25(33)30(20)3)24-18(26)7-15(10-28-24)37-12-38(6,34)35/h7-11,14,22H,12H2,1-6H3/t14?,22-/m1/s1. The number of fused-ring (bicyclic) bond motifs is 3. The molecule has 11 nitrogen and oxygen atoms in total. The van der Waals surface area contributed by atoms with Crippen molar-refractivity contribution in [3.63, 3.8) is 0 Å². The number of halogens is 1. The lowest BCUT2D eigenvalue weighted by Gasteiger charge is -2.23. The first-order valence-corrected chi connectivity index (χ1v) is 13.8. The molecule has 13 heteroatoms. The average Bonchev–Trinajstić information content (AvgIpc) is 3.27. The van der Waals surface area contributed by atoms with Crippen molar-refractivity contribution in [3.8, 4) is 17.3 Å². The molecule has 1 unspecified atom stereocenters. The van der Waals surface area contributed by atoms with E-state index in [9.17, 15) is 13.2 Å². The third kappa shape index (κ3) is 4.16. The van der Waals surface area contributed by atoms with Crippen LogP contribution in [0.3, 0.4) is 0 Å². The lowest BCUT2D eigenvalue weighted by molar-refractivity contribution is 0.286. The number of ether oxygens (including phenoxy) is 2. The molecule has 0 saturated heterocycles. The Bertz CT molecular complexity index is 1800. The fraction of sp³-hybridized carbons (Fsp3) is 0.360. The van der Waals surface area contributed by atoms with Gasteiger partial charge in [0.25, 0.3) is 0 Å². The van der Waals surface area contributed by atoms with E-state index in [1.165, 1.54) is 15.3 Å². The Balaban J connectivity index is 1.75. The number of hydrogen-bond acceptors (Lipinski definition) is 9. The Labute approximate surface area is 218 Å². The van der Waals surface area contributed by atoms with Crippen molar-refractivity contribution in [2.45, 2.75) is 25.8 Å². The number of likely N-dealkylation sites (N-methyl/N-ethyl adjacent to an activating group) is 1. The lowest BCUT2D eigenvalue weighted by atomic mass is 9.88. The van der Waals surface area contributed by atoms with Crippen LogP contribution in [0.2, 0.25) is 0 Å². The molecule has 2 atom stereocenters. The number of hydrogen-bond donors (Lipinski definition) is 0. The second kappa shape index (κ2) is 9.08. The quantitative estimate of drug-likeness (QED) is 0.365. The van der Waals surface area contributed by atoms with Gasteiger partial charge in [0, 0.05) is 55.1 Å². The highest BCUT2D eigenvalue weighted by molar-refractivity contribution is 7.90. The number of aryl methyl sites for hydroxylation is 1. The molecule has 1 aromatic carbocycles. The van der Waals surface area contributed by atoms with Crippen molar-refractivity contribution in [1.82, 2.24) is 24.1 Å². The topological polar surface area (TPSA) is 121 Å². The van der Waals surface area contributed by atoms with E-state index in [1.807, 2.05) is 25.0 Å². The summed E-state index contributed by atoms with van der Waals surface area (Å²) in [7, 11) is 1.63. The molecule has 0 fully saturated rings. The monoisotopic (exact) mass is 542 g/mol. The van der Waals surface area contributed by atoms with Gasteiger partial charge in [-0.15, -0.1) is 0 Å². The van der Waals surface area contributed by atoms with E-state index in [4.69, 9.17) is 9.47 Å². The van der Waals surface area contributed by atoms with Gasteiger partial charge in [-0.05, 0) is 19.9 Å². The minimum atomic E-state index is -3.44. The number of hydrazone groups is 1. The van der Waals surface area contributed by atoms with Crippen molar-refractivity contribution in [2.24, 2.45) is 12.1 Å². The van der Waals surface area contributed by atoms with E-state index in [2.05, 4.69) is 22.0 Å². The van der Waals surface area contributed by atoms with E-state index in [1.54, 1.807) is 26.4 Å². The summed E-state index contributed by atoms with van der Waals surface area (Å²) >= 11 is 0. The molecule has 4 heterocycles. The highest BCUT2D eigenvalue weighted by atomic mass is 32.2. The number of sulfone groups is 1. The number of imidazole rings is 1. The van der Waals surface area contributed by atoms with Crippen LogP contribution < -0.4 is 15.2 Å². The average molecular weight is 543 g/mol. The first-order chi connectivity index (χ1) is 17.9. The second-order valence-electron chi connectivity index (χ2n) is 9.48. The van der Waals surface area contributed by atoms with Crippen LogP contribution >= 0.6 is 0 Å². The Hall–Kier alpha value is -4.00. The predicted octanol–water partition coefficient (Wildman–Crippen LogP) is 2.59. The van der Waals surface area contributed by atoms with Gasteiger partial charge in [-0.1, -0.05) is 0 Å². The van der Waals surface area contributed by atoms with Crippen LogP contribution in [0.4, 0.5) is 4.39 Å². The number of rotatable bonds is 6. The minimum Gasteiger partial charge on any atom is -0.496 e. The molecule has 4 aromatic rings. The molecule has 0 aliphatic carbocycles. The van der Waals surface area contributed by atoms with Crippen molar-refractivity contribution in [3.05, 3.63) is 52.5 Å². The molecule has 0 amide bonds. The van der Waals surface area contributed by atoms with Gasteiger partial charge in [0.15, 0.2) is 27.4 Å². The molecule has 0 saturated carbocycles. The first-order valence-electron chi connectivity index (χ1n) is 11.7. The maximum absolute atomic E-state index is 15.3. The highest BCUT2D eigenvalue weighted by Gasteiger charge is 2.34. The number of benzene rings is 1. The van der Waals surface area contributed by atoms with Crippen LogP contribution in [0.5, 0.6) is 11.5 Å². The van der Waals surface area contributed by atoms with E-state index < -0.39 is 27.3 Å². The molecule has 38 heavy (non-hydrogen) atoms.